The molecular weight excluding hydrogens is 376 g/mol. The van der Waals surface area contributed by atoms with Gasteiger partial charge in [0.25, 0.3) is 0 Å². The molecule has 1 saturated heterocycles. The Hall–Kier alpha value is -3.17. The van der Waals surface area contributed by atoms with Crippen LogP contribution in [0.4, 0.5) is 11.4 Å². The second-order valence-electron chi connectivity index (χ2n) is 7.21. The number of fused-ring (bicyclic) bond motifs is 2. The fraction of sp³-hybridized carbons (Fsp3) is 0.350. The van der Waals surface area contributed by atoms with Gasteiger partial charge in [0.2, 0.25) is 6.79 Å². The molecule has 0 saturated carbocycles. The number of hydrogen-bond donors (Lipinski definition) is 3. The number of rotatable bonds is 5. The molecule has 0 amide bonds. The van der Waals surface area contributed by atoms with Gasteiger partial charge < -0.3 is 29.2 Å². The van der Waals surface area contributed by atoms with Crippen LogP contribution in [0.5, 0.6) is 11.5 Å². The standard InChI is InChI=1S/C20H22N4O5/c25-19(21-13-1-3-15-17(9-13)29-20(26)22-15)11-23-5-7-24(8-6-23)14-2-4-16-18(10-14)28-12-27-16/h1-4,9-10,19,21,25H,5-8,11-12H2,(H,22,26). The number of hydrogen-bond acceptors (Lipinski definition) is 8. The highest BCUT2D eigenvalue weighted by Crippen LogP contribution is 2.35. The van der Waals surface area contributed by atoms with Crippen LogP contribution in [-0.4, -0.2) is 60.7 Å². The van der Waals surface area contributed by atoms with Crippen LogP contribution in [0.2, 0.25) is 0 Å². The lowest BCUT2D eigenvalue weighted by atomic mass is 10.2. The fourth-order valence-corrected chi connectivity index (χ4v) is 3.79. The van der Waals surface area contributed by atoms with Crippen molar-refractivity contribution in [2.45, 2.75) is 6.23 Å². The number of aromatic amines is 1. The minimum Gasteiger partial charge on any atom is -0.454 e. The molecule has 9 nitrogen and oxygen atoms in total. The summed E-state index contributed by atoms with van der Waals surface area (Å²) in [6, 6.07) is 11.3. The van der Waals surface area contributed by atoms with Gasteiger partial charge in [0.05, 0.1) is 5.52 Å². The summed E-state index contributed by atoms with van der Waals surface area (Å²) in [5.74, 6) is 1.09. The van der Waals surface area contributed by atoms with Crippen molar-refractivity contribution in [3.8, 4) is 11.5 Å². The number of β-amino-alcohol motifs (C(OH)–C–C–N with tert-alkyl or cyclic N) is 1. The molecule has 2 aliphatic heterocycles. The minimum absolute atomic E-state index is 0.278. The molecular formula is C20H22N4O5. The van der Waals surface area contributed by atoms with Crippen LogP contribution in [0.25, 0.3) is 11.1 Å². The predicted octanol–water partition coefficient (Wildman–Crippen LogP) is 1.40. The van der Waals surface area contributed by atoms with Crippen LogP contribution < -0.4 is 25.4 Å². The Morgan fingerprint density at radius 3 is 2.76 bits per heavy atom. The summed E-state index contributed by atoms with van der Waals surface area (Å²) in [4.78, 5) is 18.4. The molecule has 2 aliphatic rings. The van der Waals surface area contributed by atoms with Crippen LogP contribution in [-0.2, 0) is 0 Å². The molecule has 1 atom stereocenters. The largest absolute Gasteiger partial charge is 0.454 e. The molecule has 5 rings (SSSR count). The molecule has 0 aliphatic carbocycles. The molecule has 0 spiro atoms. The first kappa shape index (κ1) is 17.9. The summed E-state index contributed by atoms with van der Waals surface area (Å²) in [7, 11) is 0. The zero-order valence-corrected chi connectivity index (χ0v) is 15.8. The number of aromatic nitrogens is 1. The van der Waals surface area contributed by atoms with E-state index in [0.717, 1.165) is 43.4 Å². The van der Waals surface area contributed by atoms with E-state index in [1.54, 1.807) is 18.2 Å². The summed E-state index contributed by atoms with van der Waals surface area (Å²) >= 11 is 0. The van der Waals surface area contributed by atoms with Gasteiger partial charge in [0.1, 0.15) is 6.23 Å². The highest BCUT2D eigenvalue weighted by molar-refractivity contribution is 5.76. The van der Waals surface area contributed by atoms with Gasteiger partial charge in [0.15, 0.2) is 17.1 Å². The number of benzene rings is 2. The summed E-state index contributed by atoms with van der Waals surface area (Å²) in [6.07, 6.45) is -0.727. The molecule has 1 unspecified atom stereocenters. The van der Waals surface area contributed by atoms with E-state index < -0.39 is 12.0 Å². The number of ether oxygens (including phenoxy) is 2. The minimum atomic E-state index is -0.727. The second-order valence-corrected chi connectivity index (χ2v) is 7.21. The Balaban J connectivity index is 1.15. The topological polar surface area (TPSA) is 103 Å². The molecule has 29 heavy (non-hydrogen) atoms. The van der Waals surface area contributed by atoms with Crippen molar-refractivity contribution in [3.05, 3.63) is 46.9 Å². The molecule has 2 aromatic carbocycles. The molecule has 3 aromatic rings. The highest BCUT2D eigenvalue weighted by atomic mass is 16.7. The van der Waals surface area contributed by atoms with Crippen molar-refractivity contribution in [2.75, 3.05) is 49.7 Å². The lowest BCUT2D eigenvalue weighted by Crippen LogP contribution is -2.49. The van der Waals surface area contributed by atoms with E-state index in [1.165, 1.54) is 0 Å². The first-order valence-electron chi connectivity index (χ1n) is 9.58. The van der Waals surface area contributed by atoms with E-state index >= 15 is 0 Å². The van der Waals surface area contributed by atoms with Crippen molar-refractivity contribution in [1.82, 2.24) is 9.88 Å². The number of aliphatic hydroxyl groups excluding tert-OH is 1. The maximum absolute atomic E-state index is 11.3. The number of H-pyrrole nitrogens is 1. The zero-order valence-electron chi connectivity index (χ0n) is 15.8. The Bertz CT molecular complexity index is 1070. The zero-order chi connectivity index (χ0) is 19.8. The van der Waals surface area contributed by atoms with E-state index in [2.05, 4.69) is 26.2 Å². The lowest BCUT2D eigenvalue weighted by Gasteiger charge is -2.37. The third-order valence-corrected chi connectivity index (χ3v) is 5.28. The van der Waals surface area contributed by atoms with Crippen LogP contribution in [0.15, 0.2) is 45.6 Å². The first-order chi connectivity index (χ1) is 14.1. The van der Waals surface area contributed by atoms with Crippen molar-refractivity contribution in [2.24, 2.45) is 0 Å². The van der Waals surface area contributed by atoms with Gasteiger partial charge in [-0.15, -0.1) is 0 Å². The lowest BCUT2D eigenvalue weighted by molar-refractivity contribution is 0.129. The van der Waals surface area contributed by atoms with Gasteiger partial charge in [0, 0.05) is 56.2 Å². The molecule has 9 heteroatoms. The average Bonchev–Trinajstić information content (AvgIpc) is 3.32. The number of nitrogens with zero attached hydrogens (tertiary/aromatic N) is 2. The van der Waals surface area contributed by atoms with E-state index in [1.807, 2.05) is 12.1 Å². The maximum atomic E-state index is 11.3. The van der Waals surface area contributed by atoms with Crippen LogP contribution >= 0.6 is 0 Å². The van der Waals surface area contributed by atoms with E-state index in [9.17, 15) is 9.90 Å². The number of anilines is 2. The Morgan fingerprint density at radius 1 is 1.07 bits per heavy atom. The second kappa shape index (κ2) is 7.34. The van der Waals surface area contributed by atoms with Crippen molar-refractivity contribution >= 4 is 22.5 Å². The first-order valence-corrected chi connectivity index (χ1v) is 9.58. The Labute approximate surface area is 166 Å². The molecule has 3 N–H and O–H groups in total. The summed E-state index contributed by atoms with van der Waals surface area (Å²) < 4.78 is 15.9. The number of oxazole rings is 1. The molecule has 3 heterocycles. The fourth-order valence-electron chi connectivity index (χ4n) is 3.79. The third-order valence-electron chi connectivity index (χ3n) is 5.28. The predicted molar refractivity (Wildman–Crippen MR) is 108 cm³/mol. The summed E-state index contributed by atoms with van der Waals surface area (Å²) in [6.45, 7) is 4.21. The number of nitrogens with one attached hydrogen (secondary N) is 2. The summed E-state index contributed by atoms with van der Waals surface area (Å²) in [5, 5.41) is 13.5. The van der Waals surface area contributed by atoms with Crippen LogP contribution in [0.1, 0.15) is 0 Å². The van der Waals surface area contributed by atoms with E-state index in [0.29, 0.717) is 23.3 Å². The van der Waals surface area contributed by atoms with Crippen molar-refractivity contribution < 1.29 is 19.0 Å². The summed E-state index contributed by atoms with van der Waals surface area (Å²) in [5.41, 5.74) is 2.92. The van der Waals surface area contributed by atoms with Crippen molar-refractivity contribution in [3.63, 3.8) is 0 Å². The molecule has 0 bridgehead atoms. The van der Waals surface area contributed by atoms with Gasteiger partial charge in [-0.3, -0.25) is 9.88 Å². The van der Waals surface area contributed by atoms with Gasteiger partial charge in [-0.2, -0.15) is 0 Å². The third kappa shape index (κ3) is 3.74. The van der Waals surface area contributed by atoms with Crippen molar-refractivity contribution in [1.29, 1.82) is 0 Å². The quantitative estimate of drug-likeness (QED) is 0.555. The SMILES string of the molecule is O=c1[nH]c2ccc(NC(O)CN3CCN(c4ccc5c(c4)OCO5)CC3)cc2o1. The van der Waals surface area contributed by atoms with Crippen LogP contribution in [0.3, 0.4) is 0 Å². The highest BCUT2D eigenvalue weighted by Gasteiger charge is 2.21. The normalized spacial score (nSPS) is 17.6. The van der Waals surface area contributed by atoms with Gasteiger partial charge in [-0.1, -0.05) is 0 Å². The smallest absolute Gasteiger partial charge is 0.417 e. The van der Waals surface area contributed by atoms with E-state index in [-0.39, 0.29) is 6.79 Å². The molecule has 152 valence electrons. The molecule has 0 radical (unpaired) electrons. The van der Waals surface area contributed by atoms with Gasteiger partial charge in [-0.25, -0.2) is 4.79 Å². The monoisotopic (exact) mass is 398 g/mol. The maximum Gasteiger partial charge on any atom is 0.417 e. The number of piperazine rings is 1. The van der Waals surface area contributed by atoms with E-state index in [4.69, 9.17) is 13.9 Å². The molecule has 1 fully saturated rings. The van der Waals surface area contributed by atoms with Gasteiger partial charge >= 0.3 is 5.76 Å². The number of aliphatic hydroxyl groups is 1. The Kier molecular flexibility index (Phi) is 4.53. The Morgan fingerprint density at radius 2 is 1.90 bits per heavy atom. The average molecular weight is 398 g/mol. The molecule has 1 aromatic heterocycles. The van der Waals surface area contributed by atoms with Gasteiger partial charge in [-0.05, 0) is 24.3 Å². The van der Waals surface area contributed by atoms with Crippen LogP contribution in [0, 0.1) is 0 Å².